The molecule has 0 aliphatic rings. The van der Waals surface area contributed by atoms with E-state index < -0.39 is 53.8 Å². The van der Waals surface area contributed by atoms with Gasteiger partial charge in [0.1, 0.15) is 18.1 Å². The lowest BCUT2D eigenvalue weighted by atomic mass is 10.0. The van der Waals surface area contributed by atoms with Crippen LogP contribution in [0.3, 0.4) is 0 Å². The number of nitrogens with zero attached hydrogens (tertiary/aromatic N) is 1. The second-order valence-corrected chi connectivity index (χ2v) is 7.68. The van der Waals surface area contributed by atoms with Gasteiger partial charge in [-0.15, -0.1) is 0 Å². The predicted molar refractivity (Wildman–Crippen MR) is 111 cm³/mol. The molecule has 178 valence electrons. The summed E-state index contributed by atoms with van der Waals surface area (Å²) in [5.41, 5.74) is 6.24. The Bertz CT molecular complexity index is 811. The van der Waals surface area contributed by atoms with Crippen LogP contribution in [0.4, 0.5) is 0 Å². The number of amides is 3. The minimum Gasteiger partial charge on any atom is -0.481 e. The molecule has 0 saturated heterocycles. The normalized spacial score (nSPS) is 14.7. The van der Waals surface area contributed by atoms with Crippen molar-refractivity contribution in [2.45, 2.75) is 64.2 Å². The van der Waals surface area contributed by atoms with E-state index in [0.29, 0.717) is 5.69 Å². The smallest absolute Gasteiger partial charge is 0.325 e. The van der Waals surface area contributed by atoms with Crippen LogP contribution in [-0.2, 0) is 30.4 Å². The van der Waals surface area contributed by atoms with E-state index in [1.54, 1.807) is 13.8 Å². The standard InChI is InChI=1S/C19H30N6O7/c1-9(2)15(18(30)23-10(3)19(31)32)25-17(29)13(6-11-7-21-8-22-11)24-16(28)12(20)4-5-14(26)27/h7-10,12-13,15H,4-6,20H2,1-3H3,(H,21,22)(H,23,30)(H,24,28)(H,25,29)(H,26,27)(H,31,32). The first-order chi connectivity index (χ1) is 14.9. The van der Waals surface area contributed by atoms with E-state index >= 15 is 0 Å². The predicted octanol–water partition coefficient (Wildman–Crippen LogP) is -1.64. The molecule has 13 nitrogen and oxygen atoms in total. The lowest BCUT2D eigenvalue weighted by Gasteiger charge is -2.26. The summed E-state index contributed by atoms with van der Waals surface area (Å²) < 4.78 is 0. The molecule has 0 bridgehead atoms. The van der Waals surface area contributed by atoms with Gasteiger partial charge in [-0.2, -0.15) is 0 Å². The van der Waals surface area contributed by atoms with Crippen LogP contribution in [-0.4, -0.2) is 74.0 Å². The fourth-order valence-corrected chi connectivity index (χ4v) is 2.67. The van der Waals surface area contributed by atoms with Crippen LogP contribution < -0.4 is 21.7 Å². The molecule has 0 fully saturated rings. The molecule has 0 radical (unpaired) electrons. The molecule has 4 atom stereocenters. The maximum atomic E-state index is 12.9. The lowest BCUT2D eigenvalue weighted by Crippen LogP contribution is -2.58. The molecule has 0 spiro atoms. The maximum Gasteiger partial charge on any atom is 0.325 e. The van der Waals surface area contributed by atoms with Gasteiger partial charge >= 0.3 is 11.9 Å². The van der Waals surface area contributed by atoms with Crippen molar-refractivity contribution in [1.29, 1.82) is 0 Å². The van der Waals surface area contributed by atoms with E-state index in [-0.39, 0.29) is 25.2 Å². The van der Waals surface area contributed by atoms with E-state index in [2.05, 4.69) is 25.9 Å². The van der Waals surface area contributed by atoms with Gasteiger partial charge in [-0.1, -0.05) is 13.8 Å². The Hall–Kier alpha value is -3.48. The van der Waals surface area contributed by atoms with E-state index in [4.69, 9.17) is 15.9 Å². The molecule has 1 rings (SSSR count). The number of aromatic amines is 1. The van der Waals surface area contributed by atoms with Gasteiger partial charge < -0.3 is 36.9 Å². The molecular formula is C19H30N6O7. The van der Waals surface area contributed by atoms with Crippen molar-refractivity contribution in [3.63, 3.8) is 0 Å². The molecule has 0 saturated carbocycles. The van der Waals surface area contributed by atoms with Crippen molar-refractivity contribution in [1.82, 2.24) is 25.9 Å². The number of carboxylic acids is 2. The second-order valence-electron chi connectivity index (χ2n) is 7.68. The minimum atomic E-state index is -1.23. The zero-order chi connectivity index (χ0) is 24.4. The van der Waals surface area contributed by atoms with Gasteiger partial charge in [0.25, 0.3) is 0 Å². The van der Waals surface area contributed by atoms with Crippen molar-refractivity contribution in [3.05, 3.63) is 18.2 Å². The molecule has 4 unspecified atom stereocenters. The molecule has 0 aromatic carbocycles. The fraction of sp³-hybridized carbons (Fsp3) is 0.579. The quantitative estimate of drug-likeness (QED) is 0.181. The van der Waals surface area contributed by atoms with Crippen LogP contribution in [0.2, 0.25) is 0 Å². The highest BCUT2D eigenvalue weighted by molar-refractivity contribution is 5.94. The summed E-state index contributed by atoms with van der Waals surface area (Å²) in [6, 6.07) is -4.52. The maximum absolute atomic E-state index is 12.9. The highest BCUT2D eigenvalue weighted by atomic mass is 16.4. The number of H-pyrrole nitrogens is 1. The van der Waals surface area contributed by atoms with Crippen LogP contribution in [0.25, 0.3) is 0 Å². The van der Waals surface area contributed by atoms with Crippen LogP contribution in [0.5, 0.6) is 0 Å². The molecule has 0 aliphatic heterocycles. The third kappa shape index (κ3) is 8.71. The highest BCUT2D eigenvalue weighted by Gasteiger charge is 2.31. The summed E-state index contributed by atoms with van der Waals surface area (Å²) in [6.07, 6.45) is 2.41. The molecule has 1 heterocycles. The Morgan fingerprint density at radius 2 is 1.69 bits per heavy atom. The number of hydrogen-bond acceptors (Lipinski definition) is 7. The summed E-state index contributed by atoms with van der Waals surface area (Å²) in [5.74, 6) is -4.84. The molecule has 0 aliphatic carbocycles. The summed E-state index contributed by atoms with van der Waals surface area (Å²) in [7, 11) is 0. The first-order valence-electron chi connectivity index (χ1n) is 10.0. The summed E-state index contributed by atoms with van der Waals surface area (Å²) in [6.45, 7) is 4.62. The highest BCUT2D eigenvalue weighted by Crippen LogP contribution is 2.06. The van der Waals surface area contributed by atoms with Gasteiger partial charge in [0.2, 0.25) is 17.7 Å². The molecule has 3 amide bonds. The van der Waals surface area contributed by atoms with Crippen LogP contribution in [0, 0.1) is 5.92 Å². The van der Waals surface area contributed by atoms with Gasteiger partial charge in [0.05, 0.1) is 12.4 Å². The Balaban J connectivity index is 2.95. The number of hydrogen-bond donors (Lipinski definition) is 7. The van der Waals surface area contributed by atoms with Crippen molar-refractivity contribution in [2.24, 2.45) is 11.7 Å². The molecule has 1 aromatic rings. The third-order valence-electron chi connectivity index (χ3n) is 4.59. The van der Waals surface area contributed by atoms with E-state index in [0.717, 1.165) is 0 Å². The first-order valence-corrected chi connectivity index (χ1v) is 10.0. The van der Waals surface area contributed by atoms with Crippen LogP contribution in [0.15, 0.2) is 12.5 Å². The van der Waals surface area contributed by atoms with Gasteiger partial charge in [-0.25, -0.2) is 4.98 Å². The number of carbonyl (C=O) groups excluding carboxylic acids is 3. The van der Waals surface area contributed by atoms with Crippen molar-refractivity contribution >= 4 is 29.7 Å². The Morgan fingerprint density at radius 1 is 1.03 bits per heavy atom. The van der Waals surface area contributed by atoms with E-state index in [9.17, 15) is 24.0 Å². The number of imidazole rings is 1. The van der Waals surface area contributed by atoms with Crippen molar-refractivity contribution < 1.29 is 34.2 Å². The SMILES string of the molecule is CC(NC(=O)C(NC(=O)C(Cc1cnc[nH]1)NC(=O)C(N)CCC(=O)O)C(C)C)C(=O)O. The number of aromatic nitrogens is 2. The number of aliphatic carboxylic acids is 2. The average molecular weight is 454 g/mol. The summed E-state index contributed by atoms with van der Waals surface area (Å²) >= 11 is 0. The number of nitrogens with two attached hydrogens (primary N) is 1. The Morgan fingerprint density at radius 3 is 2.19 bits per heavy atom. The van der Waals surface area contributed by atoms with Crippen LogP contribution in [0.1, 0.15) is 39.3 Å². The number of rotatable bonds is 13. The molecule has 32 heavy (non-hydrogen) atoms. The van der Waals surface area contributed by atoms with Crippen molar-refractivity contribution in [2.75, 3.05) is 0 Å². The third-order valence-corrected chi connectivity index (χ3v) is 4.59. The average Bonchev–Trinajstić information content (AvgIpc) is 3.21. The van der Waals surface area contributed by atoms with Gasteiger partial charge in [0.15, 0.2) is 0 Å². The molecular weight excluding hydrogens is 424 g/mol. The van der Waals surface area contributed by atoms with Gasteiger partial charge in [0, 0.05) is 24.7 Å². The zero-order valence-electron chi connectivity index (χ0n) is 18.1. The Labute approximate surface area is 184 Å². The minimum absolute atomic E-state index is 0.00118. The van der Waals surface area contributed by atoms with E-state index in [1.807, 2.05) is 0 Å². The summed E-state index contributed by atoms with van der Waals surface area (Å²) in [5, 5.41) is 25.1. The fourth-order valence-electron chi connectivity index (χ4n) is 2.67. The monoisotopic (exact) mass is 454 g/mol. The number of nitrogens with one attached hydrogen (secondary N) is 4. The molecule has 8 N–H and O–H groups in total. The summed E-state index contributed by atoms with van der Waals surface area (Å²) in [4.78, 5) is 66.2. The number of carboxylic acid groups (broad SMARTS) is 2. The Kier molecular flexibility index (Phi) is 10.3. The lowest BCUT2D eigenvalue weighted by molar-refractivity contribution is -0.142. The molecule has 1 aromatic heterocycles. The topological polar surface area (TPSA) is 217 Å². The number of carbonyl (C=O) groups is 5. The molecule has 13 heteroatoms. The van der Waals surface area contributed by atoms with E-state index in [1.165, 1.54) is 19.4 Å². The second kappa shape index (κ2) is 12.4. The largest absolute Gasteiger partial charge is 0.481 e. The first kappa shape index (κ1) is 26.6. The zero-order valence-corrected chi connectivity index (χ0v) is 18.1. The van der Waals surface area contributed by atoms with Gasteiger partial charge in [-0.05, 0) is 19.3 Å². The van der Waals surface area contributed by atoms with Crippen molar-refractivity contribution in [3.8, 4) is 0 Å². The van der Waals surface area contributed by atoms with Crippen LogP contribution >= 0.6 is 0 Å². The van der Waals surface area contributed by atoms with Gasteiger partial charge in [-0.3, -0.25) is 24.0 Å².